The van der Waals surface area contributed by atoms with Crippen LogP contribution in [0, 0.1) is 0 Å². The minimum Gasteiger partial charge on any atom is -0.481 e. The number of carbonyl (C=O) groups is 2. The molecular formula is C22H25NO3. The Balaban J connectivity index is 1.71. The molecule has 1 amide bonds. The maximum absolute atomic E-state index is 12.7. The lowest BCUT2D eigenvalue weighted by Crippen LogP contribution is -2.54. The molecule has 26 heavy (non-hydrogen) atoms. The Labute approximate surface area is 154 Å². The Kier molecular flexibility index (Phi) is 5.71. The van der Waals surface area contributed by atoms with Gasteiger partial charge in [-0.2, -0.15) is 0 Å². The van der Waals surface area contributed by atoms with Crippen LogP contribution >= 0.6 is 0 Å². The van der Waals surface area contributed by atoms with Crippen molar-refractivity contribution in [2.75, 3.05) is 0 Å². The van der Waals surface area contributed by atoms with Crippen molar-refractivity contribution >= 4 is 11.9 Å². The van der Waals surface area contributed by atoms with Gasteiger partial charge >= 0.3 is 5.97 Å². The second-order valence-electron chi connectivity index (χ2n) is 7.25. The molecular weight excluding hydrogens is 326 g/mol. The normalized spacial score (nSPS) is 16.3. The summed E-state index contributed by atoms with van der Waals surface area (Å²) in [5.74, 6) is -0.842. The van der Waals surface area contributed by atoms with E-state index in [1.807, 2.05) is 36.4 Å². The van der Waals surface area contributed by atoms with Gasteiger partial charge in [0.1, 0.15) is 0 Å². The average Bonchev–Trinajstić information content (AvgIpc) is 2.60. The first-order chi connectivity index (χ1) is 12.6. The van der Waals surface area contributed by atoms with E-state index in [2.05, 4.69) is 29.6 Å². The Morgan fingerprint density at radius 3 is 2.15 bits per heavy atom. The number of hydrogen-bond acceptors (Lipinski definition) is 2. The molecule has 1 saturated carbocycles. The van der Waals surface area contributed by atoms with Gasteiger partial charge in [-0.3, -0.25) is 9.59 Å². The quantitative estimate of drug-likeness (QED) is 0.757. The molecule has 0 aromatic heterocycles. The van der Waals surface area contributed by atoms with E-state index in [1.54, 1.807) is 0 Å². The molecule has 0 aliphatic heterocycles. The molecule has 2 aromatic rings. The van der Waals surface area contributed by atoms with Crippen LogP contribution in [0.5, 0.6) is 0 Å². The molecule has 1 atom stereocenters. The lowest BCUT2D eigenvalue weighted by Gasteiger charge is -2.41. The van der Waals surface area contributed by atoms with E-state index in [-0.39, 0.29) is 18.2 Å². The van der Waals surface area contributed by atoms with Crippen molar-refractivity contribution in [3.8, 4) is 0 Å². The third-order valence-corrected chi connectivity index (χ3v) is 5.23. The Morgan fingerprint density at radius 2 is 1.62 bits per heavy atom. The van der Waals surface area contributed by atoms with Gasteiger partial charge in [0.15, 0.2) is 0 Å². The standard InChI is InChI=1S/C22H25NO3/c24-20(23-22(12-7-13-22)16-21(25)26)15-19(18-10-5-2-6-11-18)14-17-8-3-1-4-9-17/h1-6,8-11,19H,7,12-16H2,(H,23,24)(H,25,26). The average molecular weight is 351 g/mol. The highest BCUT2D eigenvalue weighted by molar-refractivity contribution is 5.79. The maximum Gasteiger partial charge on any atom is 0.305 e. The van der Waals surface area contributed by atoms with E-state index < -0.39 is 11.5 Å². The fraction of sp³-hybridized carbons (Fsp3) is 0.364. The van der Waals surface area contributed by atoms with Gasteiger partial charge in [-0.1, -0.05) is 60.7 Å². The zero-order valence-corrected chi connectivity index (χ0v) is 14.9. The van der Waals surface area contributed by atoms with Crippen molar-refractivity contribution in [1.29, 1.82) is 0 Å². The van der Waals surface area contributed by atoms with Gasteiger partial charge in [-0.15, -0.1) is 0 Å². The first kappa shape index (κ1) is 18.2. The molecule has 0 bridgehead atoms. The predicted molar refractivity (Wildman–Crippen MR) is 101 cm³/mol. The number of rotatable bonds is 8. The number of hydrogen-bond donors (Lipinski definition) is 2. The fourth-order valence-electron chi connectivity index (χ4n) is 3.74. The zero-order valence-electron chi connectivity index (χ0n) is 14.9. The van der Waals surface area contributed by atoms with E-state index in [1.165, 1.54) is 5.56 Å². The summed E-state index contributed by atoms with van der Waals surface area (Å²) >= 11 is 0. The second-order valence-corrected chi connectivity index (χ2v) is 7.25. The van der Waals surface area contributed by atoms with Gasteiger partial charge in [-0.25, -0.2) is 0 Å². The summed E-state index contributed by atoms with van der Waals surface area (Å²) in [6.45, 7) is 0. The molecule has 1 aliphatic carbocycles. The van der Waals surface area contributed by atoms with Gasteiger partial charge in [0, 0.05) is 6.42 Å². The molecule has 0 saturated heterocycles. The van der Waals surface area contributed by atoms with Crippen LogP contribution in [-0.2, 0) is 16.0 Å². The van der Waals surface area contributed by atoms with E-state index in [0.29, 0.717) is 6.42 Å². The van der Waals surface area contributed by atoms with Gasteiger partial charge in [0.05, 0.1) is 12.0 Å². The van der Waals surface area contributed by atoms with Crippen molar-refractivity contribution in [3.63, 3.8) is 0 Å². The number of amides is 1. The van der Waals surface area contributed by atoms with Crippen LogP contribution < -0.4 is 5.32 Å². The molecule has 1 aliphatic rings. The van der Waals surface area contributed by atoms with Crippen LogP contribution in [0.3, 0.4) is 0 Å². The Hall–Kier alpha value is -2.62. The highest BCUT2D eigenvalue weighted by atomic mass is 16.4. The number of aliphatic carboxylic acids is 1. The monoisotopic (exact) mass is 351 g/mol. The Bertz CT molecular complexity index is 738. The third kappa shape index (κ3) is 4.72. The summed E-state index contributed by atoms with van der Waals surface area (Å²) in [5.41, 5.74) is 1.78. The largest absolute Gasteiger partial charge is 0.481 e. The number of carbonyl (C=O) groups excluding carboxylic acids is 1. The maximum atomic E-state index is 12.7. The highest BCUT2D eigenvalue weighted by Crippen LogP contribution is 2.35. The molecule has 1 fully saturated rings. The molecule has 2 N–H and O–H groups in total. The zero-order chi connectivity index (χ0) is 18.4. The molecule has 0 radical (unpaired) electrons. The molecule has 2 aromatic carbocycles. The first-order valence-electron chi connectivity index (χ1n) is 9.18. The SMILES string of the molecule is O=C(O)CC1(NC(=O)CC(Cc2ccccc2)c2ccccc2)CCC1. The summed E-state index contributed by atoms with van der Waals surface area (Å²) < 4.78 is 0. The number of carboxylic acid groups (broad SMARTS) is 1. The van der Waals surface area contributed by atoms with Crippen molar-refractivity contribution in [2.45, 2.75) is 50.0 Å². The minimum atomic E-state index is -0.853. The summed E-state index contributed by atoms with van der Waals surface area (Å²) in [4.78, 5) is 23.8. The molecule has 4 heteroatoms. The molecule has 136 valence electrons. The summed E-state index contributed by atoms with van der Waals surface area (Å²) in [6, 6.07) is 20.2. The third-order valence-electron chi connectivity index (χ3n) is 5.23. The van der Waals surface area contributed by atoms with Gasteiger partial charge in [0.2, 0.25) is 5.91 Å². The van der Waals surface area contributed by atoms with Crippen LogP contribution in [0.1, 0.15) is 49.1 Å². The minimum absolute atomic E-state index is 0.00737. The number of carboxylic acids is 1. The van der Waals surface area contributed by atoms with Crippen LogP contribution in [0.2, 0.25) is 0 Å². The van der Waals surface area contributed by atoms with Crippen molar-refractivity contribution in [2.24, 2.45) is 0 Å². The highest BCUT2D eigenvalue weighted by Gasteiger charge is 2.40. The van der Waals surface area contributed by atoms with Crippen LogP contribution in [0.15, 0.2) is 60.7 Å². The molecule has 0 heterocycles. The second kappa shape index (κ2) is 8.17. The lowest BCUT2D eigenvalue weighted by atomic mass is 9.74. The van der Waals surface area contributed by atoms with Crippen LogP contribution in [0.4, 0.5) is 0 Å². The van der Waals surface area contributed by atoms with E-state index in [9.17, 15) is 9.59 Å². The summed E-state index contributed by atoms with van der Waals surface area (Å²) in [6.07, 6.45) is 3.62. The topological polar surface area (TPSA) is 66.4 Å². The Morgan fingerprint density at radius 1 is 1.00 bits per heavy atom. The molecule has 3 rings (SSSR count). The van der Waals surface area contributed by atoms with E-state index >= 15 is 0 Å². The summed E-state index contributed by atoms with van der Waals surface area (Å²) in [5, 5.41) is 12.2. The van der Waals surface area contributed by atoms with Crippen LogP contribution in [-0.4, -0.2) is 22.5 Å². The smallest absolute Gasteiger partial charge is 0.305 e. The van der Waals surface area contributed by atoms with Crippen molar-refractivity contribution in [1.82, 2.24) is 5.32 Å². The predicted octanol–water partition coefficient (Wildman–Crippen LogP) is 3.92. The molecule has 0 spiro atoms. The van der Waals surface area contributed by atoms with Gasteiger partial charge in [0.25, 0.3) is 0 Å². The van der Waals surface area contributed by atoms with E-state index in [0.717, 1.165) is 31.2 Å². The number of nitrogens with one attached hydrogen (secondary N) is 1. The van der Waals surface area contributed by atoms with E-state index in [4.69, 9.17) is 5.11 Å². The lowest BCUT2D eigenvalue weighted by molar-refractivity contribution is -0.140. The van der Waals surface area contributed by atoms with Gasteiger partial charge < -0.3 is 10.4 Å². The van der Waals surface area contributed by atoms with Crippen molar-refractivity contribution in [3.05, 3.63) is 71.8 Å². The van der Waals surface area contributed by atoms with Crippen LogP contribution in [0.25, 0.3) is 0 Å². The molecule has 1 unspecified atom stereocenters. The fourth-order valence-corrected chi connectivity index (χ4v) is 3.74. The van der Waals surface area contributed by atoms with Crippen molar-refractivity contribution < 1.29 is 14.7 Å². The summed E-state index contributed by atoms with van der Waals surface area (Å²) in [7, 11) is 0. The first-order valence-corrected chi connectivity index (χ1v) is 9.18. The number of benzene rings is 2. The molecule has 4 nitrogen and oxygen atoms in total. The van der Waals surface area contributed by atoms with Gasteiger partial charge in [-0.05, 0) is 42.7 Å².